The number of aromatic nitrogens is 1. The Bertz CT molecular complexity index is 535. The van der Waals surface area contributed by atoms with E-state index >= 15 is 0 Å². The Labute approximate surface area is 138 Å². The molecule has 1 amide bonds. The SMILES string of the molecule is O=C([C@@H]1CCCCN1Cc1cccnc1)N1C[C@H]2CCC[C@H]2C1. The maximum Gasteiger partial charge on any atom is 0.239 e. The smallest absolute Gasteiger partial charge is 0.239 e. The first kappa shape index (κ1) is 15.1. The van der Waals surface area contributed by atoms with Crippen LogP contribution in [0.5, 0.6) is 0 Å². The van der Waals surface area contributed by atoms with E-state index < -0.39 is 0 Å². The van der Waals surface area contributed by atoms with Crippen LogP contribution in [0.1, 0.15) is 44.1 Å². The van der Waals surface area contributed by atoms with E-state index in [0.717, 1.165) is 44.4 Å². The van der Waals surface area contributed by atoms with Gasteiger partial charge in [-0.15, -0.1) is 0 Å². The predicted octanol–water partition coefficient (Wildman–Crippen LogP) is 2.69. The zero-order valence-corrected chi connectivity index (χ0v) is 13.9. The molecule has 2 aliphatic heterocycles. The third-order valence-corrected chi connectivity index (χ3v) is 6.05. The van der Waals surface area contributed by atoms with Crippen LogP contribution in [0.15, 0.2) is 24.5 Å². The van der Waals surface area contributed by atoms with Crippen molar-refractivity contribution in [2.75, 3.05) is 19.6 Å². The second-order valence-corrected chi connectivity index (χ2v) is 7.54. The van der Waals surface area contributed by atoms with Gasteiger partial charge in [-0.25, -0.2) is 0 Å². The minimum absolute atomic E-state index is 0.0859. The van der Waals surface area contributed by atoms with Gasteiger partial charge >= 0.3 is 0 Å². The van der Waals surface area contributed by atoms with Crippen LogP contribution < -0.4 is 0 Å². The summed E-state index contributed by atoms with van der Waals surface area (Å²) in [5.74, 6) is 1.96. The molecule has 0 unspecified atom stereocenters. The number of fused-ring (bicyclic) bond motifs is 1. The summed E-state index contributed by atoms with van der Waals surface area (Å²) < 4.78 is 0. The van der Waals surface area contributed by atoms with Gasteiger partial charge in [0.2, 0.25) is 5.91 Å². The molecule has 124 valence electrons. The van der Waals surface area contributed by atoms with Crippen LogP contribution in [-0.2, 0) is 11.3 Å². The summed E-state index contributed by atoms with van der Waals surface area (Å²) >= 11 is 0. The molecule has 1 saturated carbocycles. The number of hydrogen-bond acceptors (Lipinski definition) is 3. The number of hydrogen-bond donors (Lipinski definition) is 0. The van der Waals surface area contributed by atoms with E-state index in [1.165, 1.54) is 37.7 Å². The molecule has 1 aliphatic carbocycles. The lowest BCUT2D eigenvalue weighted by Crippen LogP contribution is -2.50. The average Bonchev–Trinajstić information content (AvgIpc) is 3.17. The fraction of sp³-hybridized carbons (Fsp3) is 0.684. The van der Waals surface area contributed by atoms with E-state index in [4.69, 9.17) is 0 Å². The van der Waals surface area contributed by atoms with Gasteiger partial charge in [0.05, 0.1) is 6.04 Å². The number of pyridine rings is 1. The van der Waals surface area contributed by atoms with Gasteiger partial charge in [-0.3, -0.25) is 14.7 Å². The minimum Gasteiger partial charge on any atom is -0.341 e. The van der Waals surface area contributed by atoms with Gasteiger partial charge in [0.15, 0.2) is 0 Å². The molecule has 3 atom stereocenters. The van der Waals surface area contributed by atoms with E-state index in [1.54, 1.807) is 0 Å². The van der Waals surface area contributed by atoms with Crippen molar-refractivity contribution in [2.45, 2.75) is 51.1 Å². The molecule has 4 heteroatoms. The molecule has 0 radical (unpaired) electrons. The van der Waals surface area contributed by atoms with Crippen molar-refractivity contribution in [3.05, 3.63) is 30.1 Å². The molecule has 0 aromatic carbocycles. The molecule has 4 rings (SSSR count). The van der Waals surface area contributed by atoms with Crippen LogP contribution in [0.3, 0.4) is 0 Å². The summed E-state index contributed by atoms with van der Waals surface area (Å²) in [5, 5.41) is 0. The lowest BCUT2D eigenvalue weighted by atomic mass is 10.00. The fourth-order valence-electron chi connectivity index (χ4n) is 4.81. The van der Waals surface area contributed by atoms with Gasteiger partial charge in [-0.2, -0.15) is 0 Å². The van der Waals surface area contributed by atoms with Crippen LogP contribution in [0.4, 0.5) is 0 Å². The molecule has 0 spiro atoms. The van der Waals surface area contributed by atoms with Crippen molar-refractivity contribution in [1.29, 1.82) is 0 Å². The van der Waals surface area contributed by atoms with Gasteiger partial charge in [0.1, 0.15) is 0 Å². The zero-order valence-electron chi connectivity index (χ0n) is 13.9. The Balaban J connectivity index is 1.43. The Hall–Kier alpha value is -1.42. The van der Waals surface area contributed by atoms with Crippen LogP contribution in [-0.4, -0.2) is 46.4 Å². The van der Waals surface area contributed by atoms with Crippen molar-refractivity contribution in [3.8, 4) is 0 Å². The van der Waals surface area contributed by atoms with Gasteiger partial charge < -0.3 is 4.90 Å². The summed E-state index contributed by atoms with van der Waals surface area (Å²) in [5.41, 5.74) is 1.21. The Morgan fingerprint density at radius 1 is 1.13 bits per heavy atom. The molecule has 3 heterocycles. The highest BCUT2D eigenvalue weighted by Gasteiger charge is 2.41. The molecule has 4 nitrogen and oxygen atoms in total. The van der Waals surface area contributed by atoms with Gasteiger partial charge in [0, 0.05) is 32.0 Å². The summed E-state index contributed by atoms with van der Waals surface area (Å²) in [7, 11) is 0. The minimum atomic E-state index is 0.0859. The van der Waals surface area contributed by atoms with Crippen molar-refractivity contribution in [2.24, 2.45) is 11.8 Å². The second-order valence-electron chi connectivity index (χ2n) is 7.54. The number of likely N-dealkylation sites (tertiary alicyclic amines) is 2. The van der Waals surface area contributed by atoms with Gasteiger partial charge in [-0.05, 0) is 55.7 Å². The molecule has 3 fully saturated rings. The Morgan fingerprint density at radius 3 is 2.70 bits per heavy atom. The van der Waals surface area contributed by atoms with Crippen molar-refractivity contribution in [1.82, 2.24) is 14.8 Å². The number of rotatable bonds is 3. The standard InChI is InChI=1S/C19H27N3O/c23-19(22-13-16-6-3-7-17(16)14-22)18-8-1-2-10-21(18)12-15-5-4-9-20-11-15/h4-5,9,11,16-18H,1-3,6-8,10,12-14H2/t16-,17+,18-/m0/s1. The lowest BCUT2D eigenvalue weighted by molar-refractivity contribution is -0.137. The van der Waals surface area contributed by atoms with E-state index in [0.29, 0.717) is 5.91 Å². The highest BCUT2D eigenvalue weighted by atomic mass is 16.2. The third kappa shape index (κ3) is 3.14. The Morgan fingerprint density at radius 2 is 1.96 bits per heavy atom. The van der Waals surface area contributed by atoms with Crippen molar-refractivity contribution < 1.29 is 4.79 Å². The maximum absolute atomic E-state index is 13.1. The van der Waals surface area contributed by atoms with Gasteiger partial charge in [-0.1, -0.05) is 18.9 Å². The fourth-order valence-corrected chi connectivity index (χ4v) is 4.81. The van der Waals surface area contributed by atoms with E-state index in [9.17, 15) is 4.79 Å². The topological polar surface area (TPSA) is 36.4 Å². The van der Waals surface area contributed by atoms with Crippen LogP contribution in [0.2, 0.25) is 0 Å². The van der Waals surface area contributed by atoms with Crippen LogP contribution >= 0.6 is 0 Å². The molecule has 0 bridgehead atoms. The average molecular weight is 313 g/mol. The summed E-state index contributed by atoms with van der Waals surface area (Å²) in [6.45, 7) is 3.92. The third-order valence-electron chi connectivity index (χ3n) is 6.05. The Kier molecular flexibility index (Phi) is 4.34. The summed E-state index contributed by atoms with van der Waals surface area (Å²) in [4.78, 5) is 21.9. The second kappa shape index (κ2) is 6.60. The summed E-state index contributed by atoms with van der Waals surface area (Å²) in [6, 6.07) is 4.18. The molecule has 0 N–H and O–H groups in total. The highest BCUT2D eigenvalue weighted by Crippen LogP contribution is 2.38. The number of carbonyl (C=O) groups excluding carboxylic acids is 1. The monoisotopic (exact) mass is 313 g/mol. The quantitative estimate of drug-likeness (QED) is 0.861. The number of amides is 1. The predicted molar refractivity (Wildman–Crippen MR) is 89.7 cm³/mol. The number of piperidine rings is 1. The molecule has 23 heavy (non-hydrogen) atoms. The van der Waals surface area contributed by atoms with E-state index in [1.807, 2.05) is 18.5 Å². The first-order valence-electron chi connectivity index (χ1n) is 9.23. The number of carbonyl (C=O) groups is 1. The number of nitrogens with zero attached hydrogens (tertiary/aromatic N) is 3. The van der Waals surface area contributed by atoms with Crippen molar-refractivity contribution >= 4 is 5.91 Å². The lowest BCUT2D eigenvalue weighted by Gasteiger charge is -2.37. The van der Waals surface area contributed by atoms with Crippen LogP contribution in [0, 0.1) is 11.8 Å². The highest BCUT2D eigenvalue weighted by molar-refractivity contribution is 5.82. The van der Waals surface area contributed by atoms with Gasteiger partial charge in [0.25, 0.3) is 0 Å². The maximum atomic E-state index is 13.1. The van der Waals surface area contributed by atoms with Crippen molar-refractivity contribution in [3.63, 3.8) is 0 Å². The van der Waals surface area contributed by atoms with E-state index in [-0.39, 0.29) is 6.04 Å². The molecule has 1 aromatic heterocycles. The zero-order chi connectivity index (χ0) is 15.6. The largest absolute Gasteiger partial charge is 0.341 e. The molecular formula is C19H27N3O. The van der Waals surface area contributed by atoms with E-state index in [2.05, 4.69) is 20.9 Å². The molecule has 3 aliphatic rings. The normalized spacial score (nSPS) is 31.3. The first-order valence-corrected chi connectivity index (χ1v) is 9.23. The molecule has 2 saturated heterocycles. The molecule has 1 aromatic rings. The van der Waals surface area contributed by atoms with Crippen LogP contribution in [0.25, 0.3) is 0 Å². The molecular weight excluding hydrogens is 286 g/mol. The first-order chi connectivity index (χ1) is 11.3. The summed E-state index contributed by atoms with van der Waals surface area (Å²) in [6.07, 6.45) is 11.2.